The normalized spacial score (nSPS) is 11.3. The molecule has 0 fully saturated rings. The molecule has 3 aromatic heterocycles. The highest BCUT2D eigenvalue weighted by Crippen LogP contribution is 2.36. The summed E-state index contributed by atoms with van der Waals surface area (Å²) in [6.07, 6.45) is 4.65. The monoisotopic (exact) mass is 403 g/mol. The van der Waals surface area contributed by atoms with Crippen LogP contribution in [0.1, 0.15) is 5.56 Å². The Kier molecular flexibility index (Phi) is 4.28. The second kappa shape index (κ2) is 7.11. The summed E-state index contributed by atoms with van der Waals surface area (Å²) in [5, 5.41) is 4.38. The molecule has 0 radical (unpaired) electrons. The minimum absolute atomic E-state index is 0.0398. The first kappa shape index (κ1) is 18.1. The zero-order valence-electron chi connectivity index (χ0n) is 15.6. The first-order valence-corrected chi connectivity index (χ1v) is 9.27. The average molecular weight is 403 g/mol. The number of pyridine rings is 1. The number of benzene rings is 2. The molecular formula is C23H15F2N3O2. The molecule has 0 saturated carbocycles. The van der Waals surface area contributed by atoms with Gasteiger partial charge in [-0.25, -0.2) is 8.78 Å². The molecule has 0 aliphatic carbocycles. The van der Waals surface area contributed by atoms with Crippen LogP contribution < -0.4 is 5.56 Å². The Morgan fingerprint density at radius 2 is 1.80 bits per heavy atom. The van der Waals surface area contributed by atoms with Gasteiger partial charge in [0.05, 0.1) is 18.3 Å². The van der Waals surface area contributed by atoms with Crippen LogP contribution in [0.25, 0.3) is 33.4 Å². The third kappa shape index (κ3) is 2.91. The summed E-state index contributed by atoms with van der Waals surface area (Å²) in [6.45, 7) is 0.437. The third-order valence-electron chi connectivity index (χ3n) is 5.07. The molecule has 0 saturated heterocycles. The first-order valence-electron chi connectivity index (χ1n) is 9.27. The number of rotatable bonds is 4. The van der Waals surface area contributed by atoms with Gasteiger partial charge in [0.15, 0.2) is 17.4 Å². The van der Waals surface area contributed by atoms with Crippen molar-refractivity contribution in [2.45, 2.75) is 6.54 Å². The van der Waals surface area contributed by atoms with Gasteiger partial charge in [-0.15, -0.1) is 0 Å². The lowest BCUT2D eigenvalue weighted by molar-refractivity contribution is 0.432. The first-order chi connectivity index (χ1) is 14.6. The highest BCUT2D eigenvalue weighted by atomic mass is 19.2. The topological polar surface area (TPSA) is 63.8 Å². The van der Waals surface area contributed by atoms with Crippen molar-refractivity contribution in [2.75, 3.05) is 0 Å². The van der Waals surface area contributed by atoms with Crippen LogP contribution in [-0.4, -0.2) is 14.7 Å². The minimum Gasteiger partial charge on any atom is -0.356 e. The second-order valence-electron chi connectivity index (χ2n) is 6.90. The van der Waals surface area contributed by atoms with E-state index in [2.05, 4.69) is 10.1 Å². The molecule has 7 heteroatoms. The maximum Gasteiger partial charge on any atom is 0.275 e. The largest absolute Gasteiger partial charge is 0.356 e. The molecule has 148 valence electrons. The van der Waals surface area contributed by atoms with E-state index in [1.165, 1.54) is 18.3 Å². The number of aromatic amines is 1. The van der Waals surface area contributed by atoms with Gasteiger partial charge in [-0.2, -0.15) is 0 Å². The lowest BCUT2D eigenvalue weighted by atomic mass is 10.0. The van der Waals surface area contributed by atoms with Gasteiger partial charge < -0.3 is 14.1 Å². The van der Waals surface area contributed by atoms with E-state index in [9.17, 15) is 13.6 Å². The number of hydrogen-bond acceptors (Lipinski definition) is 3. The molecule has 0 bridgehead atoms. The van der Waals surface area contributed by atoms with E-state index >= 15 is 0 Å². The molecule has 0 aliphatic heterocycles. The Bertz CT molecular complexity index is 1420. The Labute approximate surface area is 169 Å². The highest BCUT2D eigenvalue weighted by molar-refractivity contribution is 5.97. The molecular weight excluding hydrogens is 388 g/mol. The SMILES string of the molecule is O=c1c2[nH]cc(-c3oncc3-c3cccc(F)c3F)c2ccn1Cc1ccccc1. The molecule has 1 N–H and O–H groups in total. The zero-order chi connectivity index (χ0) is 20.7. The Morgan fingerprint density at radius 3 is 2.63 bits per heavy atom. The molecule has 30 heavy (non-hydrogen) atoms. The summed E-state index contributed by atoms with van der Waals surface area (Å²) in [4.78, 5) is 15.9. The van der Waals surface area contributed by atoms with Crippen LogP contribution in [0.2, 0.25) is 0 Å². The lowest BCUT2D eigenvalue weighted by Gasteiger charge is -2.06. The molecule has 5 aromatic rings. The third-order valence-corrected chi connectivity index (χ3v) is 5.07. The van der Waals surface area contributed by atoms with Crippen molar-refractivity contribution in [3.63, 3.8) is 0 Å². The van der Waals surface area contributed by atoms with Crippen molar-refractivity contribution < 1.29 is 13.3 Å². The molecule has 0 unspecified atom stereocenters. The number of nitrogens with one attached hydrogen (secondary N) is 1. The summed E-state index contributed by atoms with van der Waals surface area (Å²) in [5.41, 5.74) is 2.10. The van der Waals surface area contributed by atoms with Crippen molar-refractivity contribution in [3.8, 4) is 22.5 Å². The average Bonchev–Trinajstić information content (AvgIpc) is 3.40. The number of hydrogen-bond donors (Lipinski definition) is 1. The molecule has 0 amide bonds. The lowest BCUT2D eigenvalue weighted by Crippen LogP contribution is -2.20. The number of halogens is 2. The van der Waals surface area contributed by atoms with Crippen LogP contribution in [-0.2, 0) is 6.54 Å². The fourth-order valence-electron chi connectivity index (χ4n) is 3.59. The number of fused-ring (bicyclic) bond motifs is 1. The van der Waals surface area contributed by atoms with E-state index in [0.717, 1.165) is 11.6 Å². The smallest absolute Gasteiger partial charge is 0.275 e. The van der Waals surface area contributed by atoms with Crippen LogP contribution >= 0.6 is 0 Å². The van der Waals surface area contributed by atoms with Crippen molar-refractivity contribution >= 4 is 10.9 Å². The minimum atomic E-state index is -0.980. The second-order valence-corrected chi connectivity index (χ2v) is 6.90. The summed E-state index contributed by atoms with van der Waals surface area (Å²) < 4.78 is 35.0. The molecule has 5 nitrogen and oxygen atoms in total. The van der Waals surface area contributed by atoms with Gasteiger partial charge in [-0.05, 0) is 17.7 Å². The molecule has 0 atom stereocenters. The van der Waals surface area contributed by atoms with Crippen molar-refractivity contribution in [1.82, 2.24) is 14.7 Å². The molecule has 0 spiro atoms. The van der Waals surface area contributed by atoms with Gasteiger partial charge in [0.25, 0.3) is 5.56 Å². The van der Waals surface area contributed by atoms with Crippen LogP contribution in [0.5, 0.6) is 0 Å². The van der Waals surface area contributed by atoms with Gasteiger partial charge >= 0.3 is 0 Å². The van der Waals surface area contributed by atoms with E-state index in [1.807, 2.05) is 30.3 Å². The fourth-order valence-corrected chi connectivity index (χ4v) is 3.59. The van der Waals surface area contributed by atoms with Crippen LogP contribution in [0.4, 0.5) is 8.78 Å². The van der Waals surface area contributed by atoms with E-state index < -0.39 is 11.6 Å². The zero-order valence-corrected chi connectivity index (χ0v) is 15.6. The molecule has 5 rings (SSSR count). The number of nitrogens with zero attached hydrogens (tertiary/aromatic N) is 2. The molecule has 3 heterocycles. The van der Waals surface area contributed by atoms with Gasteiger partial charge in [-0.1, -0.05) is 47.6 Å². The van der Waals surface area contributed by atoms with E-state index in [4.69, 9.17) is 4.52 Å². The molecule has 0 aliphatic rings. The standard InChI is InChI=1S/C23H15F2N3O2/c24-19-8-4-7-15(20(19)25)18-12-27-30-22(18)17-11-26-21-16(17)9-10-28(23(21)29)13-14-5-2-1-3-6-14/h1-12,26H,13H2. The van der Waals surface area contributed by atoms with E-state index in [0.29, 0.717) is 28.6 Å². The molecule has 2 aromatic carbocycles. The number of aromatic nitrogens is 3. The summed E-state index contributed by atoms with van der Waals surface area (Å²) in [6, 6.07) is 15.4. The Morgan fingerprint density at radius 1 is 0.967 bits per heavy atom. The van der Waals surface area contributed by atoms with E-state index in [-0.39, 0.29) is 16.9 Å². The number of H-pyrrole nitrogens is 1. The summed E-state index contributed by atoms with van der Waals surface area (Å²) >= 11 is 0. The predicted octanol–water partition coefficient (Wildman–Crippen LogP) is 4.98. The fraction of sp³-hybridized carbons (Fsp3) is 0.0435. The van der Waals surface area contributed by atoms with E-state index in [1.54, 1.807) is 23.0 Å². The van der Waals surface area contributed by atoms with Gasteiger partial charge in [-0.3, -0.25) is 4.79 Å². The maximum atomic E-state index is 14.3. The van der Waals surface area contributed by atoms with Crippen LogP contribution in [0.3, 0.4) is 0 Å². The quantitative estimate of drug-likeness (QED) is 0.460. The van der Waals surface area contributed by atoms with Gasteiger partial charge in [0, 0.05) is 28.9 Å². The summed E-state index contributed by atoms with van der Waals surface area (Å²) in [7, 11) is 0. The van der Waals surface area contributed by atoms with Crippen molar-refractivity contribution in [3.05, 3.63) is 101 Å². The van der Waals surface area contributed by atoms with Crippen molar-refractivity contribution in [1.29, 1.82) is 0 Å². The Hall–Kier alpha value is -4.00. The van der Waals surface area contributed by atoms with Gasteiger partial charge in [0.1, 0.15) is 5.52 Å². The van der Waals surface area contributed by atoms with Crippen molar-refractivity contribution in [2.24, 2.45) is 0 Å². The van der Waals surface area contributed by atoms with Crippen LogP contribution in [0.15, 0.2) is 82.5 Å². The predicted molar refractivity (Wildman–Crippen MR) is 109 cm³/mol. The maximum absolute atomic E-state index is 14.3. The highest BCUT2D eigenvalue weighted by Gasteiger charge is 2.21. The summed E-state index contributed by atoms with van der Waals surface area (Å²) in [5.74, 6) is -1.68. The van der Waals surface area contributed by atoms with Crippen LogP contribution in [0, 0.1) is 11.6 Å². The van der Waals surface area contributed by atoms with Gasteiger partial charge in [0.2, 0.25) is 0 Å². The Balaban J connectivity index is 1.61.